The van der Waals surface area contributed by atoms with Crippen molar-refractivity contribution in [3.63, 3.8) is 0 Å². The van der Waals surface area contributed by atoms with Crippen molar-refractivity contribution < 1.29 is 9.47 Å². The van der Waals surface area contributed by atoms with Crippen LogP contribution in [0.4, 0.5) is 0 Å². The molecule has 1 unspecified atom stereocenters. The van der Waals surface area contributed by atoms with Crippen LogP contribution in [0.2, 0.25) is 0 Å². The molecule has 2 aliphatic rings. The summed E-state index contributed by atoms with van der Waals surface area (Å²) >= 11 is 0. The maximum Gasteiger partial charge on any atom is 0.253 e. The molecule has 3 aromatic carbocycles. The Morgan fingerprint density at radius 2 is 1.71 bits per heavy atom. The lowest BCUT2D eigenvalue weighted by Crippen LogP contribution is -2.48. The first-order valence-corrected chi connectivity index (χ1v) is 13.9. The number of nitrogens with zero attached hydrogens (tertiary/aromatic N) is 6. The largest absolute Gasteiger partial charge is 0.454 e. The molecule has 0 radical (unpaired) electrons. The number of tetrazole rings is 1. The third kappa shape index (κ3) is 5.19. The maximum atomic E-state index is 13.6. The minimum atomic E-state index is -0.393. The zero-order valence-electron chi connectivity index (χ0n) is 22.9. The van der Waals surface area contributed by atoms with E-state index in [2.05, 4.69) is 66.7 Å². The molecule has 1 fully saturated rings. The second kappa shape index (κ2) is 10.8. The molecule has 10 heteroatoms. The number of benzene rings is 3. The van der Waals surface area contributed by atoms with E-state index >= 15 is 0 Å². The molecule has 1 saturated heterocycles. The van der Waals surface area contributed by atoms with Crippen molar-refractivity contribution in [3.05, 3.63) is 111 Å². The van der Waals surface area contributed by atoms with Crippen LogP contribution in [0.1, 0.15) is 34.1 Å². The maximum absolute atomic E-state index is 13.6. The minimum absolute atomic E-state index is 0.120. The number of pyridine rings is 1. The lowest BCUT2D eigenvalue weighted by Gasteiger charge is -2.38. The van der Waals surface area contributed by atoms with Gasteiger partial charge < -0.3 is 14.5 Å². The van der Waals surface area contributed by atoms with Crippen LogP contribution in [0.25, 0.3) is 10.9 Å². The number of piperazine rings is 1. The zero-order chi connectivity index (χ0) is 27.8. The predicted octanol–water partition coefficient (Wildman–Crippen LogP) is 3.51. The molecular weight excluding hydrogens is 518 g/mol. The quantitative estimate of drug-likeness (QED) is 0.329. The first kappa shape index (κ1) is 25.4. The number of hydrogen-bond acceptors (Lipinski definition) is 8. The third-order valence-electron chi connectivity index (χ3n) is 7.92. The molecule has 4 heterocycles. The van der Waals surface area contributed by atoms with E-state index in [1.54, 1.807) is 0 Å². The lowest BCUT2D eigenvalue weighted by atomic mass is 10.0. The molecular formula is C31H31N7O3. The highest BCUT2D eigenvalue weighted by Gasteiger charge is 2.33. The molecule has 5 aromatic rings. The normalized spacial score (nSPS) is 16.3. The summed E-state index contributed by atoms with van der Waals surface area (Å²) in [6.07, 6.45) is 0. The molecule has 2 aromatic heterocycles. The van der Waals surface area contributed by atoms with E-state index in [9.17, 15) is 4.79 Å². The number of nitrogens with one attached hydrogen (secondary N) is 1. The molecule has 0 saturated carbocycles. The Morgan fingerprint density at radius 1 is 0.878 bits per heavy atom. The summed E-state index contributed by atoms with van der Waals surface area (Å²) in [7, 11) is 0. The van der Waals surface area contributed by atoms with Gasteiger partial charge in [-0.15, -0.1) is 5.10 Å². The highest BCUT2D eigenvalue weighted by atomic mass is 16.7. The van der Waals surface area contributed by atoms with E-state index in [-0.39, 0.29) is 12.4 Å². The summed E-state index contributed by atoms with van der Waals surface area (Å²) in [5, 5.41) is 13.9. The number of rotatable bonds is 7. The van der Waals surface area contributed by atoms with E-state index in [1.807, 2.05) is 48.0 Å². The molecule has 0 spiro atoms. The number of hydrogen-bond donors (Lipinski definition) is 1. The SMILES string of the molecule is Cc1ccc2cc(C(c3nnnn3Cc3ccccc3)N3CCN(Cc4ccc5c(c4)OCO5)CC3)c(=O)[nH]c2c1. The molecule has 208 valence electrons. The summed E-state index contributed by atoms with van der Waals surface area (Å²) in [5.74, 6) is 2.26. The van der Waals surface area contributed by atoms with Crippen LogP contribution < -0.4 is 15.0 Å². The average molecular weight is 550 g/mol. The standard InChI is InChI=1S/C31H31N7O3/c1-21-7-9-24-17-25(31(39)32-26(24)15-21)29(30-33-34-35-38(30)19-22-5-3-2-4-6-22)37-13-11-36(12-14-37)18-23-8-10-27-28(16-23)41-20-40-27/h2-10,15-17,29H,11-14,18-20H2,1H3,(H,32,39). The topological polar surface area (TPSA) is 101 Å². The molecule has 10 nitrogen and oxygen atoms in total. The van der Waals surface area contributed by atoms with Gasteiger partial charge in [0.2, 0.25) is 6.79 Å². The van der Waals surface area contributed by atoms with Crippen LogP contribution in [-0.2, 0) is 13.1 Å². The fourth-order valence-corrected chi connectivity index (χ4v) is 5.79. The van der Waals surface area contributed by atoms with Gasteiger partial charge in [0.1, 0.15) is 6.04 Å². The second-order valence-corrected chi connectivity index (χ2v) is 10.7. The van der Waals surface area contributed by atoms with Crippen LogP contribution in [0.5, 0.6) is 11.5 Å². The zero-order valence-corrected chi connectivity index (χ0v) is 22.9. The van der Waals surface area contributed by atoms with E-state index in [1.165, 1.54) is 5.56 Å². The monoisotopic (exact) mass is 549 g/mol. The number of H-pyrrole nitrogens is 1. The summed E-state index contributed by atoms with van der Waals surface area (Å²) in [4.78, 5) is 21.5. The van der Waals surface area contributed by atoms with Crippen LogP contribution in [0, 0.1) is 6.92 Å². The fourth-order valence-electron chi connectivity index (χ4n) is 5.79. The Labute approximate surface area is 237 Å². The van der Waals surface area contributed by atoms with Crippen LogP contribution >= 0.6 is 0 Å². The number of ether oxygens (including phenoxy) is 2. The van der Waals surface area contributed by atoms with Crippen molar-refractivity contribution in [2.24, 2.45) is 0 Å². The molecule has 0 aliphatic carbocycles. The predicted molar refractivity (Wildman–Crippen MR) is 154 cm³/mol. The summed E-state index contributed by atoms with van der Waals surface area (Å²) in [5.41, 5.74) is 4.74. The van der Waals surface area contributed by atoms with Crippen LogP contribution in [-0.4, -0.2) is 68.0 Å². The Kier molecular flexibility index (Phi) is 6.69. The van der Waals surface area contributed by atoms with Crippen LogP contribution in [0.15, 0.2) is 77.6 Å². The van der Waals surface area contributed by atoms with E-state index in [0.717, 1.165) is 66.3 Å². The summed E-state index contributed by atoms with van der Waals surface area (Å²) in [6.45, 7) is 6.85. The van der Waals surface area contributed by atoms with Crippen molar-refractivity contribution in [1.82, 2.24) is 35.0 Å². The van der Waals surface area contributed by atoms with Crippen molar-refractivity contribution in [2.45, 2.75) is 26.1 Å². The first-order valence-electron chi connectivity index (χ1n) is 13.9. The van der Waals surface area contributed by atoms with Crippen molar-refractivity contribution in [1.29, 1.82) is 0 Å². The van der Waals surface area contributed by atoms with Gasteiger partial charge in [-0.2, -0.15) is 0 Å². The van der Waals surface area contributed by atoms with Crippen LogP contribution in [0.3, 0.4) is 0 Å². The van der Waals surface area contributed by atoms with Crippen molar-refractivity contribution >= 4 is 10.9 Å². The van der Waals surface area contributed by atoms with Gasteiger partial charge in [0.15, 0.2) is 17.3 Å². The number of aryl methyl sites for hydroxylation is 1. The molecule has 0 bridgehead atoms. The average Bonchev–Trinajstić information content (AvgIpc) is 3.64. The van der Waals surface area contributed by atoms with Crippen molar-refractivity contribution in [3.8, 4) is 11.5 Å². The van der Waals surface area contributed by atoms with Gasteiger partial charge in [0.25, 0.3) is 5.56 Å². The number of fused-ring (bicyclic) bond motifs is 2. The number of aromatic amines is 1. The minimum Gasteiger partial charge on any atom is -0.454 e. The molecule has 41 heavy (non-hydrogen) atoms. The first-order chi connectivity index (χ1) is 20.1. The van der Waals surface area contributed by atoms with Gasteiger partial charge >= 0.3 is 0 Å². The van der Waals surface area contributed by atoms with E-state index in [4.69, 9.17) is 9.47 Å². The van der Waals surface area contributed by atoms with Gasteiger partial charge in [0, 0.05) is 43.8 Å². The van der Waals surface area contributed by atoms with Gasteiger partial charge in [-0.1, -0.05) is 48.5 Å². The number of aromatic nitrogens is 5. The Balaban J connectivity index is 1.19. The van der Waals surface area contributed by atoms with Gasteiger partial charge in [-0.25, -0.2) is 4.68 Å². The summed E-state index contributed by atoms with van der Waals surface area (Å²) in [6, 6.07) is 24.0. The van der Waals surface area contributed by atoms with Gasteiger partial charge in [0.05, 0.1) is 6.54 Å². The fraction of sp³-hybridized carbons (Fsp3) is 0.290. The Hall–Kier alpha value is -4.54. The molecule has 2 aliphatic heterocycles. The Morgan fingerprint density at radius 3 is 2.56 bits per heavy atom. The van der Waals surface area contributed by atoms with Gasteiger partial charge in [-0.05, 0) is 63.7 Å². The Bertz CT molecular complexity index is 1740. The molecule has 1 N–H and O–H groups in total. The lowest BCUT2D eigenvalue weighted by molar-refractivity contribution is 0.0998. The highest BCUT2D eigenvalue weighted by Crippen LogP contribution is 2.33. The highest BCUT2D eigenvalue weighted by molar-refractivity contribution is 5.79. The van der Waals surface area contributed by atoms with E-state index < -0.39 is 6.04 Å². The summed E-state index contributed by atoms with van der Waals surface area (Å²) < 4.78 is 12.8. The van der Waals surface area contributed by atoms with E-state index in [0.29, 0.717) is 17.9 Å². The molecule has 0 amide bonds. The van der Waals surface area contributed by atoms with Gasteiger partial charge in [-0.3, -0.25) is 14.6 Å². The third-order valence-corrected chi connectivity index (χ3v) is 7.92. The van der Waals surface area contributed by atoms with Crippen molar-refractivity contribution in [2.75, 3.05) is 33.0 Å². The smallest absolute Gasteiger partial charge is 0.253 e. The molecule has 1 atom stereocenters. The second-order valence-electron chi connectivity index (χ2n) is 10.7. The molecule has 7 rings (SSSR count).